The van der Waals surface area contributed by atoms with E-state index in [2.05, 4.69) is 44.6 Å². The number of hydrogen-bond donors (Lipinski definition) is 2. The van der Waals surface area contributed by atoms with E-state index in [1.165, 1.54) is 5.56 Å². The van der Waals surface area contributed by atoms with Crippen LogP contribution in [-0.2, 0) is 0 Å². The predicted molar refractivity (Wildman–Crippen MR) is 135 cm³/mol. The molecule has 3 heterocycles. The summed E-state index contributed by atoms with van der Waals surface area (Å²) in [4.78, 5) is 19.9. The maximum atomic E-state index is 13.0. The molecule has 5 rings (SSSR count). The monoisotopic (exact) mass is 467 g/mol. The number of hydrogen-bond acceptors (Lipinski definition) is 6. The molecule has 3 aromatic heterocycles. The van der Waals surface area contributed by atoms with Crippen LogP contribution in [0.25, 0.3) is 16.9 Å². The number of nitrogens with zero attached hydrogens (tertiary/aromatic N) is 5. The molecule has 176 valence electrons. The number of fused-ring (bicyclic) bond motifs is 1. The van der Waals surface area contributed by atoms with Gasteiger partial charge >= 0.3 is 0 Å². The van der Waals surface area contributed by atoms with Crippen LogP contribution in [0.5, 0.6) is 5.75 Å². The second kappa shape index (κ2) is 9.30. The van der Waals surface area contributed by atoms with Crippen molar-refractivity contribution in [3.8, 4) is 17.0 Å². The van der Waals surface area contributed by atoms with Crippen molar-refractivity contribution in [1.82, 2.24) is 24.8 Å². The van der Waals surface area contributed by atoms with Gasteiger partial charge in [-0.25, -0.2) is 9.50 Å². The molecule has 0 saturated heterocycles. The van der Waals surface area contributed by atoms with Crippen molar-refractivity contribution in [3.05, 3.63) is 90.4 Å². The number of rotatable bonds is 7. The molecular weight excluding hydrogens is 442 g/mol. The molecule has 35 heavy (non-hydrogen) atoms. The summed E-state index contributed by atoms with van der Waals surface area (Å²) in [5.41, 5.74) is 4.20. The van der Waals surface area contributed by atoms with Crippen molar-refractivity contribution in [2.45, 2.75) is 13.0 Å². The number of aromatic amines is 1. The molecule has 0 saturated carbocycles. The van der Waals surface area contributed by atoms with E-state index in [0.717, 1.165) is 17.1 Å². The van der Waals surface area contributed by atoms with Gasteiger partial charge in [0.15, 0.2) is 11.3 Å². The molecule has 5 aromatic rings. The summed E-state index contributed by atoms with van der Waals surface area (Å²) in [5, 5.41) is 14.4. The van der Waals surface area contributed by atoms with Crippen LogP contribution in [0, 0.1) is 0 Å². The van der Waals surface area contributed by atoms with Gasteiger partial charge < -0.3 is 15.0 Å². The van der Waals surface area contributed by atoms with Gasteiger partial charge in [-0.05, 0) is 24.6 Å². The van der Waals surface area contributed by atoms with E-state index >= 15 is 0 Å². The van der Waals surface area contributed by atoms with Crippen LogP contribution in [0.15, 0.2) is 79.1 Å². The Morgan fingerprint density at radius 3 is 2.69 bits per heavy atom. The Morgan fingerprint density at radius 2 is 1.94 bits per heavy atom. The molecule has 0 spiro atoms. The Hall–Kier alpha value is -4.66. The predicted octanol–water partition coefficient (Wildman–Crippen LogP) is 4.58. The Labute approximate surface area is 202 Å². The number of nitrogens with one attached hydrogen (secondary N) is 2. The van der Waals surface area contributed by atoms with Gasteiger partial charge in [0.1, 0.15) is 11.6 Å². The van der Waals surface area contributed by atoms with E-state index in [0.29, 0.717) is 17.1 Å². The van der Waals surface area contributed by atoms with Crippen molar-refractivity contribution >= 4 is 23.1 Å². The number of amides is 1. The van der Waals surface area contributed by atoms with Gasteiger partial charge in [-0.15, -0.1) is 0 Å². The molecule has 9 heteroatoms. The molecule has 1 atom stereocenters. The normalized spacial score (nSPS) is 11.9. The average Bonchev–Trinajstić information content (AvgIpc) is 3.58. The summed E-state index contributed by atoms with van der Waals surface area (Å²) in [6, 6.07) is 21.1. The number of methoxy groups -OCH3 is 1. The van der Waals surface area contributed by atoms with Crippen LogP contribution in [0.4, 0.5) is 11.5 Å². The van der Waals surface area contributed by atoms with Crippen molar-refractivity contribution < 1.29 is 9.53 Å². The smallest absolute Gasteiger partial charge is 0.276 e. The lowest BCUT2D eigenvalue weighted by molar-refractivity contribution is 0.102. The zero-order valence-corrected chi connectivity index (χ0v) is 19.6. The fraction of sp³-hybridized carbons (Fsp3) is 0.154. The quantitative estimate of drug-likeness (QED) is 0.363. The minimum absolute atomic E-state index is 0.0853. The van der Waals surface area contributed by atoms with E-state index in [1.54, 1.807) is 42.2 Å². The van der Waals surface area contributed by atoms with Gasteiger partial charge in [0.25, 0.3) is 5.91 Å². The maximum Gasteiger partial charge on any atom is 0.276 e. The third kappa shape index (κ3) is 4.43. The zero-order chi connectivity index (χ0) is 24.4. The molecule has 0 bridgehead atoms. The summed E-state index contributed by atoms with van der Waals surface area (Å²) in [7, 11) is 3.59. The summed E-state index contributed by atoms with van der Waals surface area (Å²) in [5.74, 6) is 1.07. The molecule has 0 aliphatic carbocycles. The van der Waals surface area contributed by atoms with Gasteiger partial charge in [-0.2, -0.15) is 10.2 Å². The first-order chi connectivity index (χ1) is 17.0. The van der Waals surface area contributed by atoms with Crippen molar-refractivity contribution in [1.29, 1.82) is 0 Å². The molecule has 2 aromatic carbocycles. The molecular formula is C26H25N7O2. The Balaban J connectivity index is 1.53. The molecule has 1 amide bonds. The third-order valence-corrected chi connectivity index (χ3v) is 5.99. The van der Waals surface area contributed by atoms with Gasteiger partial charge in [-0.3, -0.25) is 9.89 Å². The van der Waals surface area contributed by atoms with E-state index in [-0.39, 0.29) is 17.6 Å². The first kappa shape index (κ1) is 22.1. The lowest BCUT2D eigenvalue weighted by Crippen LogP contribution is -2.23. The van der Waals surface area contributed by atoms with Gasteiger partial charge in [0.05, 0.1) is 25.0 Å². The van der Waals surface area contributed by atoms with Crippen LogP contribution < -0.4 is 15.0 Å². The van der Waals surface area contributed by atoms with Gasteiger partial charge in [-0.1, -0.05) is 36.4 Å². The first-order valence-electron chi connectivity index (χ1n) is 11.2. The molecule has 1 unspecified atom stereocenters. The van der Waals surface area contributed by atoms with Crippen LogP contribution in [0.2, 0.25) is 0 Å². The van der Waals surface area contributed by atoms with Crippen LogP contribution >= 0.6 is 0 Å². The summed E-state index contributed by atoms with van der Waals surface area (Å²) >= 11 is 0. The van der Waals surface area contributed by atoms with Crippen LogP contribution in [0.1, 0.15) is 29.0 Å². The second-order valence-corrected chi connectivity index (χ2v) is 8.17. The Kier molecular flexibility index (Phi) is 5.88. The summed E-state index contributed by atoms with van der Waals surface area (Å²) < 4.78 is 6.90. The zero-order valence-electron chi connectivity index (χ0n) is 19.6. The summed E-state index contributed by atoms with van der Waals surface area (Å²) in [6.45, 7) is 2.13. The van der Waals surface area contributed by atoms with Crippen molar-refractivity contribution in [2.75, 3.05) is 24.4 Å². The SMILES string of the molecule is COc1cccc(NC(=O)c2cc3nc(N(C)C(C)c4ccccc4)cc(-c4cn[nH]c4)n3n2)c1. The fourth-order valence-corrected chi connectivity index (χ4v) is 3.90. The number of anilines is 2. The average molecular weight is 468 g/mol. The van der Waals surface area contributed by atoms with Crippen molar-refractivity contribution in [3.63, 3.8) is 0 Å². The second-order valence-electron chi connectivity index (χ2n) is 8.17. The third-order valence-electron chi connectivity index (χ3n) is 5.99. The van der Waals surface area contributed by atoms with Crippen LogP contribution in [-0.4, -0.2) is 44.9 Å². The number of benzene rings is 2. The lowest BCUT2D eigenvalue weighted by atomic mass is 10.1. The van der Waals surface area contributed by atoms with E-state index < -0.39 is 0 Å². The minimum atomic E-state index is -0.338. The molecule has 0 aliphatic rings. The molecule has 0 aliphatic heterocycles. The topological polar surface area (TPSA) is 100 Å². The van der Waals surface area contributed by atoms with Crippen LogP contribution in [0.3, 0.4) is 0 Å². The van der Waals surface area contributed by atoms with E-state index in [9.17, 15) is 4.79 Å². The number of aromatic nitrogens is 5. The highest BCUT2D eigenvalue weighted by atomic mass is 16.5. The molecule has 9 nitrogen and oxygen atoms in total. The van der Waals surface area contributed by atoms with Crippen molar-refractivity contribution in [2.24, 2.45) is 0 Å². The lowest BCUT2D eigenvalue weighted by Gasteiger charge is -2.27. The number of ether oxygens (including phenoxy) is 1. The minimum Gasteiger partial charge on any atom is -0.497 e. The Morgan fingerprint density at radius 1 is 1.11 bits per heavy atom. The number of H-pyrrole nitrogens is 1. The maximum absolute atomic E-state index is 13.0. The van der Waals surface area contributed by atoms with Gasteiger partial charge in [0, 0.05) is 42.7 Å². The Bertz CT molecular complexity index is 1460. The highest BCUT2D eigenvalue weighted by Crippen LogP contribution is 2.29. The van der Waals surface area contributed by atoms with Gasteiger partial charge in [0.2, 0.25) is 0 Å². The van der Waals surface area contributed by atoms with E-state index in [4.69, 9.17) is 9.72 Å². The van der Waals surface area contributed by atoms with E-state index in [1.807, 2.05) is 43.4 Å². The molecule has 0 fully saturated rings. The number of carbonyl (C=O) groups is 1. The highest BCUT2D eigenvalue weighted by molar-refractivity contribution is 6.03. The first-order valence-corrected chi connectivity index (χ1v) is 11.2. The fourth-order valence-electron chi connectivity index (χ4n) is 3.90. The molecule has 2 N–H and O–H groups in total. The highest BCUT2D eigenvalue weighted by Gasteiger charge is 2.20. The number of carbonyl (C=O) groups excluding carboxylic acids is 1. The molecule has 0 radical (unpaired) electrons. The largest absolute Gasteiger partial charge is 0.497 e. The summed E-state index contributed by atoms with van der Waals surface area (Å²) in [6.07, 6.45) is 3.51. The standard InChI is InChI=1S/C26H25N7O2/c1-17(18-8-5-4-6-9-18)32(2)24-14-23(19-15-27-28-16-19)33-25(30-24)13-22(31-33)26(34)29-20-10-7-11-21(12-20)35-3/h4-17H,1-3H3,(H,27,28)(H,29,34).